The van der Waals surface area contributed by atoms with Crippen molar-refractivity contribution in [3.05, 3.63) is 35.9 Å². The molecule has 1 aliphatic rings. The Balaban J connectivity index is 2.41. The molecule has 1 aromatic rings. The summed E-state index contributed by atoms with van der Waals surface area (Å²) in [7, 11) is 1.58. The lowest BCUT2D eigenvalue weighted by molar-refractivity contribution is -0.123. The number of benzene rings is 1. The number of amides is 3. The molecule has 1 heterocycles. The molecular weight excluding hydrogens is 230 g/mol. The molecule has 3 amide bonds. The molecule has 2 N–H and O–H groups in total. The van der Waals surface area contributed by atoms with Gasteiger partial charge in [-0.15, -0.1) is 0 Å². The first-order valence-electron chi connectivity index (χ1n) is 5.75. The van der Waals surface area contributed by atoms with Crippen molar-refractivity contribution >= 4 is 17.6 Å². The van der Waals surface area contributed by atoms with E-state index < -0.39 is 11.9 Å². The van der Waals surface area contributed by atoms with Crippen LogP contribution in [0.2, 0.25) is 0 Å². The standard InChI is InChI=1S/C13H15N3O2/c1-8-10(12(17)14-2)11(16-13(18)15-8)9-6-4-3-5-7-9/h3-7,10-11H,1-2H3,(H,14,17)(H,16,18). The summed E-state index contributed by atoms with van der Waals surface area (Å²) in [5.74, 6) is -0.611. The van der Waals surface area contributed by atoms with E-state index in [2.05, 4.69) is 15.6 Å². The Bertz CT molecular complexity index is 496. The number of nitrogens with zero attached hydrogens (tertiary/aromatic N) is 1. The van der Waals surface area contributed by atoms with Crippen molar-refractivity contribution in [1.82, 2.24) is 10.6 Å². The minimum absolute atomic E-state index is 0.148. The number of carbonyl (C=O) groups is 2. The van der Waals surface area contributed by atoms with Gasteiger partial charge in [-0.2, -0.15) is 0 Å². The molecule has 0 spiro atoms. The van der Waals surface area contributed by atoms with Crippen molar-refractivity contribution in [3.63, 3.8) is 0 Å². The van der Waals surface area contributed by atoms with Crippen molar-refractivity contribution in [1.29, 1.82) is 0 Å². The molecule has 1 aliphatic heterocycles. The first kappa shape index (κ1) is 12.3. The number of carbonyl (C=O) groups excluding carboxylic acids is 2. The van der Waals surface area contributed by atoms with E-state index in [-0.39, 0.29) is 11.9 Å². The third-order valence-electron chi connectivity index (χ3n) is 3.03. The zero-order chi connectivity index (χ0) is 13.1. The molecule has 18 heavy (non-hydrogen) atoms. The number of nitrogens with one attached hydrogen (secondary N) is 2. The lowest BCUT2D eigenvalue weighted by Crippen LogP contribution is -2.46. The third-order valence-corrected chi connectivity index (χ3v) is 3.03. The molecule has 0 bridgehead atoms. The van der Waals surface area contributed by atoms with Crippen molar-refractivity contribution in [3.8, 4) is 0 Å². The molecule has 2 atom stereocenters. The van der Waals surface area contributed by atoms with Crippen LogP contribution in [0, 0.1) is 5.92 Å². The maximum absolute atomic E-state index is 11.9. The number of hydrogen-bond donors (Lipinski definition) is 2. The van der Waals surface area contributed by atoms with Gasteiger partial charge in [0.15, 0.2) is 0 Å². The zero-order valence-electron chi connectivity index (χ0n) is 10.3. The van der Waals surface area contributed by atoms with Crippen LogP contribution in [0.1, 0.15) is 18.5 Å². The summed E-state index contributed by atoms with van der Waals surface area (Å²) < 4.78 is 0. The van der Waals surface area contributed by atoms with Crippen LogP contribution in [0.3, 0.4) is 0 Å². The number of hydrogen-bond acceptors (Lipinski definition) is 2. The van der Waals surface area contributed by atoms with Crippen LogP contribution in [-0.4, -0.2) is 24.7 Å². The molecule has 94 valence electrons. The third kappa shape index (κ3) is 2.25. The largest absolute Gasteiger partial charge is 0.359 e. The van der Waals surface area contributed by atoms with E-state index in [0.29, 0.717) is 5.71 Å². The summed E-state index contributed by atoms with van der Waals surface area (Å²) in [5, 5.41) is 5.35. The van der Waals surface area contributed by atoms with Crippen LogP contribution in [-0.2, 0) is 4.79 Å². The molecule has 5 heteroatoms. The van der Waals surface area contributed by atoms with E-state index in [1.807, 2.05) is 30.3 Å². The van der Waals surface area contributed by atoms with Gasteiger partial charge in [0.25, 0.3) is 0 Å². The quantitative estimate of drug-likeness (QED) is 0.823. The van der Waals surface area contributed by atoms with Crippen molar-refractivity contribution in [2.24, 2.45) is 10.9 Å². The van der Waals surface area contributed by atoms with Crippen LogP contribution in [0.5, 0.6) is 0 Å². The molecule has 2 rings (SSSR count). The van der Waals surface area contributed by atoms with E-state index in [4.69, 9.17) is 0 Å². The highest BCUT2D eigenvalue weighted by Crippen LogP contribution is 2.26. The first-order chi connectivity index (χ1) is 8.63. The SMILES string of the molecule is CNC(=O)C1C(C)=NC(=O)NC1c1ccccc1. The van der Waals surface area contributed by atoms with Crippen molar-refractivity contribution < 1.29 is 9.59 Å². The van der Waals surface area contributed by atoms with Gasteiger partial charge in [-0.1, -0.05) is 30.3 Å². The van der Waals surface area contributed by atoms with E-state index in [0.717, 1.165) is 5.56 Å². The molecule has 5 nitrogen and oxygen atoms in total. The van der Waals surface area contributed by atoms with E-state index >= 15 is 0 Å². The maximum atomic E-state index is 11.9. The lowest BCUT2D eigenvalue weighted by atomic mass is 9.87. The fourth-order valence-corrected chi connectivity index (χ4v) is 2.15. The normalized spacial score (nSPS) is 23.0. The topological polar surface area (TPSA) is 70.6 Å². The van der Waals surface area contributed by atoms with Gasteiger partial charge in [-0.05, 0) is 12.5 Å². The molecule has 0 fully saturated rings. The van der Waals surface area contributed by atoms with Gasteiger partial charge in [-0.25, -0.2) is 9.79 Å². The predicted octanol–water partition coefficient (Wildman–Crippen LogP) is 1.27. The average Bonchev–Trinajstić information content (AvgIpc) is 2.38. The molecule has 0 saturated heterocycles. The Labute approximate surface area is 105 Å². The van der Waals surface area contributed by atoms with Crippen LogP contribution in [0.25, 0.3) is 0 Å². The Hall–Kier alpha value is -2.17. The van der Waals surface area contributed by atoms with Crippen molar-refractivity contribution in [2.45, 2.75) is 13.0 Å². The second-order valence-electron chi connectivity index (χ2n) is 4.18. The molecule has 2 unspecified atom stereocenters. The molecule has 1 aromatic carbocycles. The first-order valence-corrected chi connectivity index (χ1v) is 5.75. The van der Waals surface area contributed by atoms with Crippen LogP contribution >= 0.6 is 0 Å². The highest BCUT2D eigenvalue weighted by Gasteiger charge is 2.35. The van der Waals surface area contributed by atoms with Crippen molar-refractivity contribution in [2.75, 3.05) is 7.05 Å². The highest BCUT2D eigenvalue weighted by atomic mass is 16.2. The van der Waals surface area contributed by atoms with Crippen LogP contribution in [0.15, 0.2) is 35.3 Å². The summed E-state index contributed by atoms with van der Waals surface area (Å²) in [4.78, 5) is 27.2. The fraction of sp³-hybridized carbons (Fsp3) is 0.308. The van der Waals surface area contributed by atoms with E-state index in [1.165, 1.54) is 0 Å². The molecule has 0 aromatic heterocycles. The highest BCUT2D eigenvalue weighted by molar-refractivity contribution is 6.09. The number of aliphatic imine (C=N–C) groups is 1. The summed E-state index contributed by atoms with van der Waals surface area (Å²) in [6, 6.07) is 8.66. The van der Waals surface area contributed by atoms with Gasteiger partial charge < -0.3 is 10.6 Å². The summed E-state index contributed by atoms with van der Waals surface area (Å²) in [5.41, 5.74) is 1.43. The second-order valence-corrected chi connectivity index (χ2v) is 4.18. The second kappa shape index (κ2) is 5.00. The zero-order valence-corrected chi connectivity index (χ0v) is 10.3. The molecule has 0 radical (unpaired) electrons. The lowest BCUT2D eigenvalue weighted by Gasteiger charge is -2.29. The summed E-state index contributed by atoms with van der Waals surface area (Å²) >= 11 is 0. The Morgan fingerprint density at radius 2 is 2.00 bits per heavy atom. The molecule has 0 aliphatic carbocycles. The average molecular weight is 245 g/mol. The molecular formula is C13H15N3O2. The Morgan fingerprint density at radius 3 is 2.61 bits per heavy atom. The number of urea groups is 1. The summed E-state index contributed by atoms with van der Waals surface area (Å²) in [6.07, 6.45) is 0. The minimum Gasteiger partial charge on any atom is -0.359 e. The fourth-order valence-electron chi connectivity index (χ4n) is 2.15. The van der Waals surface area contributed by atoms with Gasteiger partial charge in [0.1, 0.15) is 5.92 Å². The van der Waals surface area contributed by atoms with Gasteiger partial charge in [-0.3, -0.25) is 4.79 Å². The van der Waals surface area contributed by atoms with Gasteiger partial charge in [0, 0.05) is 12.8 Å². The monoisotopic (exact) mass is 245 g/mol. The van der Waals surface area contributed by atoms with Gasteiger partial charge in [0.2, 0.25) is 5.91 Å². The minimum atomic E-state index is -0.463. The smallest absolute Gasteiger partial charge is 0.341 e. The number of rotatable bonds is 2. The van der Waals surface area contributed by atoms with Crippen LogP contribution in [0.4, 0.5) is 4.79 Å². The summed E-state index contributed by atoms with van der Waals surface area (Å²) in [6.45, 7) is 1.70. The van der Waals surface area contributed by atoms with E-state index in [1.54, 1.807) is 14.0 Å². The van der Waals surface area contributed by atoms with Gasteiger partial charge >= 0.3 is 6.03 Å². The molecule has 0 saturated carbocycles. The van der Waals surface area contributed by atoms with E-state index in [9.17, 15) is 9.59 Å². The van der Waals surface area contributed by atoms with Crippen LogP contribution < -0.4 is 10.6 Å². The Morgan fingerprint density at radius 1 is 1.33 bits per heavy atom. The Kier molecular flexibility index (Phi) is 3.41. The van der Waals surface area contributed by atoms with Gasteiger partial charge in [0.05, 0.1) is 6.04 Å². The predicted molar refractivity (Wildman–Crippen MR) is 68.4 cm³/mol. The maximum Gasteiger partial charge on any atom is 0.341 e.